The molecule has 0 bridgehead atoms. The largest absolute Gasteiger partial charge is 0.489 e. The van der Waals surface area contributed by atoms with Crippen molar-refractivity contribution >= 4 is 21.4 Å². The number of ether oxygens (including phenoxy) is 1. The highest BCUT2D eigenvalue weighted by atomic mass is 32.2. The number of thiophene rings is 1. The first kappa shape index (κ1) is 20.6. The molecule has 4 nitrogen and oxygen atoms in total. The monoisotopic (exact) mass is 415 g/mol. The average molecular weight is 416 g/mol. The van der Waals surface area contributed by atoms with Crippen molar-refractivity contribution in [1.29, 1.82) is 0 Å². The van der Waals surface area contributed by atoms with Gasteiger partial charge < -0.3 is 4.74 Å². The van der Waals surface area contributed by atoms with E-state index in [1.54, 1.807) is 25.2 Å². The van der Waals surface area contributed by atoms with Crippen LogP contribution in [-0.4, -0.2) is 26.3 Å². The van der Waals surface area contributed by atoms with Crippen molar-refractivity contribution in [2.45, 2.75) is 32.1 Å². The molecule has 0 saturated carbocycles. The summed E-state index contributed by atoms with van der Waals surface area (Å²) in [6.07, 6.45) is -0.260. The van der Waals surface area contributed by atoms with Crippen molar-refractivity contribution in [1.82, 2.24) is 4.72 Å². The summed E-state index contributed by atoms with van der Waals surface area (Å²) in [5, 5.41) is 3.77. The Bertz CT molecular complexity index is 977. The summed E-state index contributed by atoms with van der Waals surface area (Å²) in [4.78, 5) is 0. The van der Waals surface area contributed by atoms with Gasteiger partial charge in [-0.15, -0.1) is 0 Å². The zero-order chi connectivity index (χ0) is 20.1. The minimum absolute atomic E-state index is 0.242. The SMILES string of the molecule is CC(CNS(=O)(=O)C(C)C)Oc1ccc(-c2ccc(-c3ccsc3)cc2)cc1. The lowest BCUT2D eigenvalue weighted by Crippen LogP contribution is -2.37. The molecule has 0 spiro atoms. The van der Waals surface area contributed by atoms with Crippen molar-refractivity contribution in [2.24, 2.45) is 0 Å². The van der Waals surface area contributed by atoms with Crippen molar-refractivity contribution < 1.29 is 13.2 Å². The maximum atomic E-state index is 11.8. The molecule has 148 valence electrons. The molecule has 6 heteroatoms. The van der Waals surface area contributed by atoms with Gasteiger partial charge in [0.1, 0.15) is 11.9 Å². The van der Waals surface area contributed by atoms with Crippen LogP contribution in [-0.2, 0) is 10.0 Å². The van der Waals surface area contributed by atoms with E-state index < -0.39 is 15.3 Å². The van der Waals surface area contributed by atoms with Gasteiger partial charge in [-0.05, 0) is 72.0 Å². The Labute approximate surface area is 171 Å². The van der Waals surface area contributed by atoms with E-state index in [0.29, 0.717) is 0 Å². The minimum Gasteiger partial charge on any atom is -0.489 e. The Morgan fingerprint density at radius 1 is 0.857 bits per heavy atom. The quantitative estimate of drug-likeness (QED) is 0.552. The molecule has 1 unspecified atom stereocenters. The van der Waals surface area contributed by atoms with Crippen LogP contribution in [0.4, 0.5) is 0 Å². The van der Waals surface area contributed by atoms with E-state index in [-0.39, 0.29) is 12.6 Å². The second-order valence-electron chi connectivity index (χ2n) is 6.98. The van der Waals surface area contributed by atoms with Crippen LogP contribution >= 0.6 is 11.3 Å². The lowest BCUT2D eigenvalue weighted by atomic mass is 10.0. The first-order chi connectivity index (χ1) is 13.3. The topological polar surface area (TPSA) is 55.4 Å². The van der Waals surface area contributed by atoms with Gasteiger partial charge in [0.2, 0.25) is 10.0 Å². The summed E-state index contributed by atoms with van der Waals surface area (Å²) in [5.41, 5.74) is 4.70. The molecule has 1 aromatic heterocycles. The molecular formula is C22H25NO3S2. The Kier molecular flexibility index (Phi) is 6.54. The Hall–Kier alpha value is -2.15. The van der Waals surface area contributed by atoms with Gasteiger partial charge in [0.15, 0.2) is 0 Å². The lowest BCUT2D eigenvalue weighted by Gasteiger charge is -2.17. The number of benzene rings is 2. The molecule has 3 aromatic rings. The Balaban J connectivity index is 1.60. The van der Waals surface area contributed by atoms with Gasteiger partial charge in [-0.2, -0.15) is 11.3 Å². The molecule has 2 aromatic carbocycles. The summed E-state index contributed by atoms with van der Waals surface area (Å²) in [5.74, 6) is 0.717. The number of nitrogens with one attached hydrogen (secondary N) is 1. The van der Waals surface area contributed by atoms with Gasteiger partial charge >= 0.3 is 0 Å². The van der Waals surface area contributed by atoms with Crippen molar-refractivity contribution in [3.8, 4) is 28.0 Å². The van der Waals surface area contributed by atoms with Crippen LogP contribution in [0.15, 0.2) is 65.4 Å². The molecule has 0 aliphatic carbocycles. The molecule has 0 amide bonds. The van der Waals surface area contributed by atoms with Crippen LogP contribution in [0.25, 0.3) is 22.3 Å². The van der Waals surface area contributed by atoms with Gasteiger partial charge in [-0.3, -0.25) is 0 Å². The smallest absolute Gasteiger partial charge is 0.214 e. The van der Waals surface area contributed by atoms with Crippen LogP contribution in [0, 0.1) is 0 Å². The zero-order valence-electron chi connectivity index (χ0n) is 16.3. The van der Waals surface area contributed by atoms with Gasteiger partial charge in [-0.25, -0.2) is 13.1 Å². The van der Waals surface area contributed by atoms with E-state index >= 15 is 0 Å². The second-order valence-corrected chi connectivity index (χ2v) is 10.1. The first-order valence-electron chi connectivity index (χ1n) is 9.23. The molecule has 0 aliphatic heterocycles. The predicted octanol–water partition coefficient (Wildman–Crippen LogP) is 5.18. The fourth-order valence-corrected chi connectivity index (χ4v) is 4.15. The van der Waals surface area contributed by atoms with Crippen LogP contribution < -0.4 is 9.46 Å². The lowest BCUT2D eigenvalue weighted by molar-refractivity contribution is 0.225. The van der Waals surface area contributed by atoms with Crippen LogP contribution in [0.2, 0.25) is 0 Å². The highest BCUT2D eigenvalue weighted by Crippen LogP contribution is 2.27. The predicted molar refractivity (Wildman–Crippen MR) is 117 cm³/mol. The molecule has 0 radical (unpaired) electrons. The van der Waals surface area contributed by atoms with Crippen LogP contribution in [0.1, 0.15) is 20.8 Å². The zero-order valence-corrected chi connectivity index (χ0v) is 17.9. The molecule has 0 fully saturated rings. The fourth-order valence-electron chi connectivity index (χ4n) is 2.68. The third kappa shape index (κ3) is 5.22. The van der Waals surface area contributed by atoms with Crippen molar-refractivity contribution in [3.05, 3.63) is 65.4 Å². The summed E-state index contributed by atoms with van der Waals surface area (Å²) in [6.45, 7) is 5.39. The number of rotatable bonds is 8. The van der Waals surface area contributed by atoms with Gasteiger partial charge in [0, 0.05) is 6.54 Å². The molecular weight excluding hydrogens is 390 g/mol. The molecule has 3 rings (SSSR count). The molecule has 1 N–H and O–H groups in total. The van der Waals surface area contributed by atoms with Crippen molar-refractivity contribution in [3.63, 3.8) is 0 Å². The average Bonchev–Trinajstić information content (AvgIpc) is 3.22. The number of sulfonamides is 1. The normalized spacial score (nSPS) is 12.9. The third-order valence-electron chi connectivity index (χ3n) is 4.46. The van der Waals surface area contributed by atoms with E-state index in [2.05, 4.69) is 45.8 Å². The van der Waals surface area contributed by atoms with Gasteiger partial charge in [-0.1, -0.05) is 36.4 Å². The van der Waals surface area contributed by atoms with E-state index in [1.165, 1.54) is 11.1 Å². The highest BCUT2D eigenvalue weighted by molar-refractivity contribution is 7.90. The van der Waals surface area contributed by atoms with Crippen LogP contribution in [0.3, 0.4) is 0 Å². The highest BCUT2D eigenvalue weighted by Gasteiger charge is 2.16. The number of hydrogen-bond donors (Lipinski definition) is 1. The van der Waals surface area contributed by atoms with Crippen molar-refractivity contribution in [2.75, 3.05) is 6.54 Å². The van der Waals surface area contributed by atoms with E-state index in [4.69, 9.17) is 4.74 Å². The molecule has 28 heavy (non-hydrogen) atoms. The maximum Gasteiger partial charge on any atom is 0.214 e. The molecule has 1 atom stereocenters. The van der Waals surface area contributed by atoms with Gasteiger partial charge in [0.25, 0.3) is 0 Å². The molecule has 1 heterocycles. The third-order valence-corrected chi connectivity index (χ3v) is 6.95. The summed E-state index contributed by atoms with van der Waals surface area (Å²) in [7, 11) is -3.28. The fraction of sp³-hybridized carbons (Fsp3) is 0.273. The summed E-state index contributed by atoms with van der Waals surface area (Å²) < 4.78 is 32.0. The summed E-state index contributed by atoms with van der Waals surface area (Å²) >= 11 is 1.70. The summed E-state index contributed by atoms with van der Waals surface area (Å²) in [6, 6.07) is 18.5. The maximum absolute atomic E-state index is 11.8. The second kappa shape index (κ2) is 8.90. The van der Waals surface area contributed by atoms with E-state index in [1.807, 2.05) is 31.2 Å². The first-order valence-corrected chi connectivity index (χ1v) is 11.7. The van der Waals surface area contributed by atoms with E-state index in [9.17, 15) is 8.42 Å². The Morgan fingerprint density at radius 2 is 1.39 bits per heavy atom. The van der Waals surface area contributed by atoms with E-state index in [0.717, 1.165) is 16.9 Å². The Morgan fingerprint density at radius 3 is 1.89 bits per heavy atom. The number of hydrogen-bond acceptors (Lipinski definition) is 4. The molecule has 0 saturated heterocycles. The minimum atomic E-state index is -3.28. The molecule has 0 aliphatic rings. The van der Waals surface area contributed by atoms with Gasteiger partial charge in [0.05, 0.1) is 5.25 Å². The van der Waals surface area contributed by atoms with Crippen LogP contribution in [0.5, 0.6) is 5.75 Å². The standard InChI is InChI=1S/C22H25NO3S2/c1-16(2)28(24,25)23-14-17(3)26-22-10-8-19(9-11-22)18-4-6-20(7-5-18)21-12-13-27-15-21/h4-13,15-17,23H,14H2,1-3H3.